The lowest BCUT2D eigenvalue weighted by atomic mass is 9.99. The minimum atomic E-state index is -1.61. The van der Waals surface area contributed by atoms with Gasteiger partial charge in [0.2, 0.25) is 11.8 Å². The third-order valence-electron chi connectivity index (χ3n) is 8.80. The van der Waals surface area contributed by atoms with Crippen LogP contribution in [0.3, 0.4) is 0 Å². The zero-order valence-electron chi connectivity index (χ0n) is 28.9. The number of hydrogen-bond acceptors (Lipinski definition) is 9. The quantitative estimate of drug-likeness (QED) is 0.0546. The number of rotatable bonds is 30. The molecule has 12 heteroatoms. The summed E-state index contributed by atoms with van der Waals surface area (Å²) in [4.78, 5) is 36.4. The molecule has 1 heterocycles. The Hall–Kier alpha value is -1.83. The minimum Gasteiger partial charge on any atom is -0.481 e. The highest BCUT2D eigenvalue weighted by Crippen LogP contribution is 2.22. The SMILES string of the molecule is CCCCCCCCCCCCCCNC(=O)C(CO[C@@H]1O[C@H](CO)[C@H](O)[C@H](O)[C@H]1O)NC(=O)CCCCCCCCCCC(=O)O. The van der Waals surface area contributed by atoms with E-state index in [1.165, 1.54) is 57.8 Å². The maximum Gasteiger partial charge on any atom is 0.303 e. The molecule has 0 spiro atoms. The second-order valence-corrected chi connectivity index (χ2v) is 13.1. The smallest absolute Gasteiger partial charge is 0.303 e. The van der Waals surface area contributed by atoms with Crippen LogP contribution in [-0.4, -0.2) is 99.8 Å². The first-order valence-corrected chi connectivity index (χ1v) is 18.4. The van der Waals surface area contributed by atoms with Gasteiger partial charge in [0.1, 0.15) is 30.5 Å². The second kappa shape index (κ2) is 28.1. The van der Waals surface area contributed by atoms with Gasteiger partial charge in [-0.25, -0.2) is 0 Å². The molecule has 0 bridgehead atoms. The van der Waals surface area contributed by atoms with Gasteiger partial charge in [0.15, 0.2) is 6.29 Å². The Kier molecular flexibility index (Phi) is 25.8. The highest BCUT2D eigenvalue weighted by atomic mass is 16.7. The van der Waals surface area contributed by atoms with Gasteiger partial charge in [-0.3, -0.25) is 14.4 Å². The highest BCUT2D eigenvalue weighted by molar-refractivity contribution is 5.87. The summed E-state index contributed by atoms with van der Waals surface area (Å²) in [7, 11) is 0. The van der Waals surface area contributed by atoms with Crippen LogP contribution in [0.5, 0.6) is 0 Å². The Bertz CT molecular complexity index is 815. The van der Waals surface area contributed by atoms with Crippen LogP contribution in [0, 0.1) is 0 Å². The average molecular weight is 675 g/mol. The lowest BCUT2D eigenvalue weighted by molar-refractivity contribution is -0.301. The van der Waals surface area contributed by atoms with Crippen LogP contribution in [0.2, 0.25) is 0 Å². The Labute approximate surface area is 282 Å². The minimum absolute atomic E-state index is 0.209. The first kappa shape index (κ1) is 43.2. The fourth-order valence-corrected chi connectivity index (χ4v) is 5.77. The molecule has 276 valence electrons. The molecule has 1 aliphatic rings. The molecule has 12 nitrogen and oxygen atoms in total. The zero-order chi connectivity index (χ0) is 34.7. The molecule has 1 fully saturated rings. The number of ether oxygens (including phenoxy) is 2. The molecule has 2 amide bonds. The number of amides is 2. The summed E-state index contributed by atoms with van der Waals surface area (Å²) in [5.74, 6) is -1.49. The molecule has 7 N–H and O–H groups in total. The van der Waals surface area contributed by atoms with E-state index in [4.69, 9.17) is 14.6 Å². The molecule has 1 rings (SSSR count). The van der Waals surface area contributed by atoms with E-state index in [9.17, 15) is 34.8 Å². The van der Waals surface area contributed by atoms with E-state index in [1.807, 2.05) is 0 Å². The molecule has 0 aromatic heterocycles. The summed E-state index contributed by atoms with van der Waals surface area (Å²) in [5.41, 5.74) is 0. The van der Waals surface area contributed by atoms with Crippen molar-refractivity contribution in [1.82, 2.24) is 10.6 Å². The van der Waals surface area contributed by atoms with Crippen molar-refractivity contribution >= 4 is 17.8 Å². The van der Waals surface area contributed by atoms with Gasteiger partial charge in [0.25, 0.3) is 0 Å². The molecule has 6 atom stereocenters. The van der Waals surface area contributed by atoms with E-state index in [0.717, 1.165) is 57.8 Å². The van der Waals surface area contributed by atoms with Gasteiger partial charge >= 0.3 is 5.97 Å². The first-order valence-electron chi connectivity index (χ1n) is 18.4. The fraction of sp³-hybridized carbons (Fsp3) is 0.914. The predicted octanol–water partition coefficient (Wildman–Crippen LogP) is 4.09. The summed E-state index contributed by atoms with van der Waals surface area (Å²) >= 11 is 0. The molecule has 1 saturated heterocycles. The summed E-state index contributed by atoms with van der Waals surface area (Å²) < 4.78 is 11.0. The third kappa shape index (κ3) is 21.0. The maximum absolute atomic E-state index is 13.1. The molecule has 0 aromatic rings. The van der Waals surface area contributed by atoms with Crippen LogP contribution < -0.4 is 10.6 Å². The van der Waals surface area contributed by atoms with E-state index in [0.29, 0.717) is 19.4 Å². The molecular formula is C35H66N2O10. The number of carbonyl (C=O) groups is 3. The normalized spacial score (nSPS) is 21.8. The molecule has 0 radical (unpaired) electrons. The molecular weight excluding hydrogens is 608 g/mol. The number of aliphatic hydroxyl groups excluding tert-OH is 4. The molecule has 0 aromatic carbocycles. The number of aliphatic hydroxyl groups is 4. The van der Waals surface area contributed by atoms with Gasteiger partial charge < -0.3 is 45.6 Å². The van der Waals surface area contributed by atoms with Crippen molar-refractivity contribution in [2.75, 3.05) is 19.8 Å². The first-order chi connectivity index (χ1) is 22.7. The van der Waals surface area contributed by atoms with Gasteiger partial charge in [-0.15, -0.1) is 0 Å². The number of nitrogens with one attached hydrogen (secondary N) is 2. The van der Waals surface area contributed by atoms with Crippen LogP contribution in [0.25, 0.3) is 0 Å². The summed E-state index contributed by atoms with van der Waals surface area (Å²) in [6.07, 6.45) is 14.8. The maximum atomic E-state index is 13.1. The summed E-state index contributed by atoms with van der Waals surface area (Å²) in [5, 5.41) is 54.1. The molecule has 1 aliphatic heterocycles. The second-order valence-electron chi connectivity index (χ2n) is 13.1. The van der Waals surface area contributed by atoms with E-state index < -0.39 is 55.2 Å². The van der Waals surface area contributed by atoms with Crippen molar-refractivity contribution in [1.29, 1.82) is 0 Å². The zero-order valence-corrected chi connectivity index (χ0v) is 28.9. The van der Waals surface area contributed by atoms with Crippen molar-refractivity contribution in [3.05, 3.63) is 0 Å². The number of carboxylic acid groups (broad SMARTS) is 1. The molecule has 1 unspecified atom stereocenters. The van der Waals surface area contributed by atoms with E-state index in [1.54, 1.807) is 0 Å². The van der Waals surface area contributed by atoms with Gasteiger partial charge in [-0.2, -0.15) is 0 Å². The molecule has 0 aliphatic carbocycles. The van der Waals surface area contributed by atoms with Gasteiger partial charge in [-0.05, 0) is 19.3 Å². The Balaban J connectivity index is 2.43. The monoisotopic (exact) mass is 674 g/mol. The Morgan fingerprint density at radius 3 is 1.68 bits per heavy atom. The van der Waals surface area contributed by atoms with Crippen LogP contribution in [-0.2, 0) is 23.9 Å². The van der Waals surface area contributed by atoms with Crippen LogP contribution >= 0.6 is 0 Å². The predicted molar refractivity (Wildman–Crippen MR) is 180 cm³/mol. The van der Waals surface area contributed by atoms with Gasteiger partial charge in [0, 0.05) is 19.4 Å². The van der Waals surface area contributed by atoms with Crippen LogP contribution in [0.15, 0.2) is 0 Å². The standard InChI is InChI=1S/C35H66N2O10/c1-2-3-4-5-6-7-8-9-12-15-18-21-24-36-34(45)27(26-46-35-33(44)32(43)31(42)28(25-38)47-35)37-29(39)22-19-16-13-10-11-14-17-20-23-30(40)41/h27-28,31-33,35,38,42-44H,2-26H2,1H3,(H,36,45)(H,37,39)(H,40,41)/t27?,28-,31+,32+,33-,35-/m1/s1. The van der Waals surface area contributed by atoms with Crippen molar-refractivity contribution < 1.29 is 49.4 Å². The van der Waals surface area contributed by atoms with Crippen LogP contribution in [0.1, 0.15) is 148 Å². The van der Waals surface area contributed by atoms with E-state index in [-0.39, 0.29) is 25.4 Å². The van der Waals surface area contributed by atoms with E-state index >= 15 is 0 Å². The van der Waals surface area contributed by atoms with Crippen LogP contribution in [0.4, 0.5) is 0 Å². The molecule has 47 heavy (non-hydrogen) atoms. The average Bonchev–Trinajstić information content (AvgIpc) is 3.05. The van der Waals surface area contributed by atoms with Crippen molar-refractivity contribution in [2.24, 2.45) is 0 Å². The Morgan fingerprint density at radius 1 is 0.681 bits per heavy atom. The number of carboxylic acids is 1. The fourth-order valence-electron chi connectivity index (χ4n) is 5.77. The molecule has 0 saturated carbocycles. The van der Waals surface area contributed by atoms with Gasteiger partial charge in [-0.1, -0.05) is 116 Å². The topological polar surface area (TPSA) is 195 Å². The van der Waals surface area contributed by atoms with Crippen molar-refractivity contribution in [3.63, 3.8) is 0 Å². The number of unbranched alkanes of at least 4 members (excludes halogenated alkanes) is 18. The highest BCUT2D eigenvalue weighted by Gasteiger charge is 2.44. The largest absolute Gasteiger partial charge is 0.481 e. The number of carbonyl (C=O) groups excluding carboxylic acids is 2. The lowest BCUT2D eigenvalue weighted by Gasteiger charge is -2.39. The Morgan fingerprint density at radius 2 is 1.17 bits per heavy atom. The summed E-state index contributed by atoms with van der Waals surface area (Å²) in [6.45, 7) is 1.75. The number of aliphatic carboxylic acids is 1. The third-order valence-corrected chi connectivity index (χ3v) is 8.80. The van der Waals surface area contributed by atoms with Crippen molar-refractivity contribution in [3.8, 4) is 0 Å². The summed E-state index contributed by atoms with van der Waals surface area (Å²) in [6, 6.07) is -1.06. The van der Waals surface area contributed by atoms with Gasteiger partial charge in [0.05, 0.1) is 13.2 Å². The lowest BCUT2D eigenvalue weighted by Crippen LogP contribution is -2.60. The van der Waals surface area contributed by atoms with Crippen molar-refractivity contribution in [2.45, 2.75) is 185 Å². The van der Waals surface area contributed by atoms with E-state index in [2.05, 4.69) is 17.6 Å². The number of hydrogen-bond donors (Lipinski definition) is 7.